The first-order valence-corrected chi connectivity index (χ1v) is 6.77. The molecule has 0 unspecified atom stereocenters. The van der Waals surface area contributed by atoms with E-state index in [-0.39, 0.29) is 11.7 Å². The molecule has 0 aliphatic heterocycles. The number of esters is 1. The van der Waals surface area contributed by atoms with Gasteiger partial charge in [-0.2, -0.15) is 0 Å². The quantitative estimate of drug-likeness (QED) is 0.558. The highest BCUT2D eigenvalue weighted by atomic mass is 16.5. The molecule has 7 nitrogen and oxygen atoms in total. The fraction of sp³-hybridized carbons (Fsp3) is 0.538. The van der Waals surface area contributed by atoms with Crippen LogP contribution in [-0.2, 0) is 16.1 Å². The van der Waals surface area contributed by atoms with Gasteiger partial charge in [-0.1, -0.05) is 6.42 Å². The summed E-state index contributed by atoms with van der Waals surface area (Å²) in [6, 6.07) is 0. The lowest BCUT2D eigenvalue weighted by Gasteiger charge is -2.01. The summed E-state index contributed by atoms with van der Waals surface area (Å²) in [6.07, 6.45) is 7.56. The Hall–Kier alpha value is -2.18. The third-order valence-electron chi connectivity index (χ3n) is 2.94. The maximum atomic E-state index is 11.9. The van der Waals surface area contributed by atoms with Crippen LogP contribution in [0.3, 0.4) is 0 Å². The van der Waals surface area contributed by atoms with Gasteiger partial charge in [0, 0.05) is 25.4 Å². The van der Waals surface area contributed by atoms with Crippen molar-refractivity contribution in [2.75, 3.05) is 6.61 Å². The molecule has 0 spiro atoms. The number of fused-ring (bicyclic) bond motifs is 1. The van der Waals surface area contributed by atoms with Crippen LogP contribution in [0.25, 0.3) is 5.65 Å². The highest BCUT2D eigenvalue weighted by Crippen LogP contribution is 2.03. The molecule has 2 heterocycles. The van der Waals surface area contributed by atoms with E-state index in [0.29, 0.717) is 25.2 Å². The number of nitrogens with zero attached hydrogens (tertiary/aromatic N) is 4. The highest BCUT2D eigenvalue weighted by Gasteiger charge is 2.06. The van der Waals surface area contributed by atoms with Crippen molar-refractivity contribution < 1.29 is 9.53 Å². The van der Waals surface area contributed by atoms with Crippen LogP contribution in [0, 0.1) is 0 Å². The van der Waals surface area contributed by atoms with Gasteiger partial charge in [-0.25, -0.2) is 13.9 Å². The monoisotopic (exact) mass is 278 g/mol. The summed E-state index contributed by atoms with van der Waals surface area (Å²) in [7, 11) is 0. The zero-order valence-corrected chi connectivity index (χ0v) is 11.5. The third kappa shape index (κ3) is 3.43. The van der Waals surface area contributed by atoms with E-state index < -0.39 is 0 Å². The molecule has 0 radical (unpaired) electrons. The molecular weight excluding hydrogens is 260 g/mol. The van der Waals surface area contributed by atoms with Gasteiger partial charge in [-0.15, -0.1) is 5.10 Å². The minimum Gasteiger partial charge on any atom is -0.466 e. The van der Waals surface area contributed by atoms with Gasteiger partial charge in [0.25, 0.3) is 0 Å². The van der Waals surface area contributed by atoms with Gasteiger partial charge in [0.2, 0.25) is 0 Å². The van der Waals surface area contributed by atoms with Crippen molar-refractivity contribution in [3.63, 3.8) is 0 Å². The zero-order chi connectivity index (χ0) is 14.4. The van der Waals surface area contributed by atoms with E-state index in [2.05, 4.69) is 10.1 Å². The minimum absolute atomic E-state index is 0.159. The van der Waals surface area contributed by atoms with Gasteiger partial charge in [0.1, 0.15) is 0 Å². The SMILES string of the molecule is CCOC(=O)CCCCCn1nc2cnccn2c1=O. The number of aromatic nitrogens is 4. The van der Waals surface area contributed by atoms with Crippen molar-refractivity contribution in [2.45, 2.75) is 39.2 Å². The maximum Gasteiger partial charge on any atom is 0.350 e. The predicted molar refractivity (Wildman–Crippen MR) is 72.3 cm³/mol. The molecule has 0 amide bonds. The van der Waals surface area contributed by atoms with Crippen LogP contribution >= 0.6 is 0 Å². The molecular formula is C13H18N4O3. The minimum atomic E-state index is -0.163. The summed E-state index contributed by atoms with van der Waals surface area (Å²) in [5.74, 6) is -0.163. The smallest absolute Gasteiger partial charge is 0.350 e. The Kier molecular flexibility index (Phi) is 4.86. The summed E-state index contributed by atoms with van der Waals surface area (Å²) in [5.41, 5.74) is 0.386. The second kappa shape index (κ2) is 6.83. The van der Waals surface area contributed by atoms with Crippen molar-refractivity contribution >= 4 is 11.6 Å². The molecule has 0 aliphatic rings. The van der Waals surface area contributed by atoms with Crippen LogP contribution in [0.5, 0.6) is 0 Å². The van der Waals surface area contributed by atoms with E-state index in [0.717, 1.165) is 19.3 Å². The van der Waals surface area contributed by atoms with Crippen molar-refractivity contribution in [1.82, 2.24) is 19.2 Å². The van der Waals surface area contributed by atoms with E-state index in [9.17, 15) is 9.59 Å². The molecule has 0 atom stereocenters. The lowest BCUT2D eigenvalue weighted by Crippen LogP contribution is -2.21. The van der Waals surface area contributed by atoms with Gasteiger partial charge >= 0.3 is 11.7 Å². The summed E-state index contributed by atoms with van der Waals surface area (Å²) < 4.78 is 7.74. The van der Waals surface area contributed by atoms with Gasteiger partial charge in [-0.3, -0.25) is 9.78 Å². The summed E-state index contributed by atoms with van der Waals surface area (Å²) in [4.78, 5) is 27.0. The lowest BCUT2D eigenvalue weighted by atomic mass is 10.2. The third-order valence-corrected chi connectivity index (χ3v) is 2.94. The Balaban J connectivity index is 1.80. The molecule has 2 aromatic rings. The number of hydrogen-bond acceptors (Lipinski definition) is 5. The van der Waals surface area contributed by atoms with Crippen molar-refractivity contribution in [3.8, 4) is 0 Å². The summed E-state index contributed by atoms with van der Waals surface area (Å²) in [5, 5.41) is 4.19. The van der Waals surface area contributed by atoms with E-state index >= 15 is 0 Å². The number of rotatable bonds is 7. The molecule has 0 fully saturated rings. The number of hydrogen-bond donors (Lipinski definition) is 0. The van der Waals surface area contributed by atoms with Crippen molar-refractivity contribution in [2.24, 2.45) is 0 Å². The molecule has 0 aromatic carbocycles. The highest BCUT2D eigenvalue weighted by molar-refractivity contribution is 5.69. The fourth-order valence-corrected chi connectivity index (χ4v) is 1.97. The number of unbranched alkanes of at least 4 members (excludes halogenated alkanes) is 2. The Morgan fingerprint density at radius 1 is 1.35 bits per heavy atom. The number of carbonyl (C=O) groups is 1. The summed E-state index contributed by atoms with van der Waals surface area (Å²) in [6.45, 7) is 2.76. The number of aryl methyl sites for hydroxylation is 1. The van der Waals surface area contributed by atoms with Crippen LogP contribution in [0.15, 0.2) is 23.4 Å². The molecule has 2 rings (SSSR count). The zero-order valence-electron chi connectivity index (χ0n) is 11.5. The second-order valence-electron chi connectivity index (χ2n) is 4.43. The first kappa shape index (κ1) is 14.2. The van der Waals surface area contributed by atoms with Gasteiger partial charge in [-0.05, 0) is 19.8 Å². The van der Waals surface area contributed by atoms with Gasteiger partial charge < -0.3 is 4.74 Å². The molecule has 0 saturated heterocycles. The Bertz CT molecular complexity index is 632. The van der Waals surface area contributed by atoms with Crippen molar-refractivity contribution in [1.29, 1.82) is 0 Å². The molecule has 0 N–H and O–H groups in total. The molecule has 7 heteroatoms. The van der Waals surface area contributed by atoms with E-state index in [1.54, 1.807) is 25.5 Å². The van der Waals surface area contributed by atoms with E-state index in [4.69, 9.17) is 4.74 Å². The Labute approximate surface area is 116 Å². The molecule has 0 bridgehead atoms. The Morgan fingerprint density at radius 3 is 2.95 bits per heavy atom. The lowest BCUT2D eigenvalue weighted by molar-refractivity contribution is -0.143. The van der Waals surface area contributed by atoms with E-state index in [1.165, 1.54) is 9.08 Å². The molecule has 0 saturated carbocycles. The van der Waals surface area contributed by atoms with Crippen LogP contribution in [-0.4, -0.2) is 31.7 Å². The standard InChI is InChI=1S/C13H18N4O3/c1-2-20-12(18)6-4-3-5-8-17-13(19)16-9-7-14-10-11(16)15-17/h7,9-10H,2-6,8H2,1H3. The van der Waals surface area contributed by atoms with Crippen LogP contribution < -0.4 is 5.69 Å². The first-order valence-electron chi connectivity index (χ1n) is 6.77. The van der Waals surface area contributed by atoms with Crippen LogP contribution in [0.1, 0.15) is 32.6 Å². The summed E-state index contributed by atoms with van der Waals surface area (Å²) >= 11 is 0. The Morgan fingerprint density at radius 2 is 2.20 bits per heavy atom. The number of carbonyl (C=O) groups excluding carboxylic acids is 1. The first-order chi connectivity index (χ1) is 9.72. The van der Waals surface area contributed by atoms with Crippen molar-refractivity contribution in [3.05, 3.63) is 29.1 Å². The fourth-order valence-electron chi connectivity index (χ4n) is 1.97. The normalized spacial score (nSPS) is 10.8. The molecule has 20 heavy (non-hydrogen) atoms. The number of ether oxygens (including phenoxy) is 1. The van der Waals surface area contributed by atoms with Gasteiger partial charge in [0.15, 0.2) is 5.65 Å². The van der Waals surface area contributed by atoms with E-state index in [1.807, 2.05) is 0 Å². The van der Waals surface area contributed by atoms with Crippen LogP contribution in [0.2, 0.25) is 0 Å². The average molecular weight is 278 g/mol. The molecule has 2 aromatic heterocycles. The largest absolute Gasteiger partial charge is 0.466 e. The molecule has 0 aliphatic carbocycles. The average Bonchev–Trinajstić information content (AvgIpc) is 2.76. The maximum absolute atomic E-state index is 11.9. The van der Waals surface area contributed by atoms with Crippen LogP contribution in [0.4, 0.5) is 0 Å². The predicted octanol–water partition coefficient (Wildman–Crippen LogP) is 1.01. The second-order valence-corrected chi connectivity index (χ2v) is 4.43. The topological polar surface area (TPSA) is 78.5 Å². The molecule has 108 valence electrons. The van der Waals surface area contributed by atoms with Gasteiger partial charge in [0.05, 0.1) is 12.8 Å².